The molecule has 0 aliphatic carbocycles. The maximum absolute atomic E-state index is 13.3. The number of carbonyl (C=O) groups excluding carboxylic acids is 4. The average Bonchev–Trinajstić information content (AvgIpc) is 3.08. The summed E-state index contributed by atoms with van der Waals surface area (Å²) in [4.78, 5) is 51.9. The first kappa shape index (κ1) is 30.4. The summed E-state index contributed by atoms with van der Waals surface area (Å²) in [5.74, 6) is -0.236. The number of hydrogen-bond acceptors (Lipinski definition) is 8. The van der Waals surface area contributed by atoms with Crippen LogP contribution in [0, 0.1) is 18.3 Å². The number of hydrogen-bond donors (Lipinski definition) is 1. The van der Waals surface area contributed by atoms with Crippen molar-refractivity contribution in [3.05, 3.63) is 0 Å². The Morgan fingerprint density at radius 2 is 1.66 bits per heavy atom. The molecular weight excluding hydrogens is 456 g/mol. The molecule has 1 saturated heterocycles. The van der Waals surface area contributed by atoms with Crippen molar-refractivity contribution < 1.29 is 38.1 Å². The largest absolute Gasteiger partial charge is 0.458 e. The Labute approximate surface area is 208 Å². The fourth-order valence-electron chi connectivity index (χ4n) is 3.84. The number of ether oxygens (including phenoxy) is 4. The molecule has 2 unspecified atom stereocenters. The van der Waals surface area contributed by atoms with Gasteiger partial charge < -0.3 is 24.3 Å². The van der Waals surface area contributed by atoms with Crippen molar-refractivity contribution in [2.24, 2.45) is 5.92 Å². The van der Waals surface area contributed by atoms with E-state index in [2.05, 4.69) is 11.2 Å². The van der Waals surface area contributed by atoms with Crippen LogP contribution >= 0.6 is 0 Å². The van der Waals surface area contributed by atoms with Crippen molar-refractivity contribution in [1.82, 2.24) is 10.2 Å². The van der Waals surface area contributed by atoms with Crippen LogP contribution in [0.3, 0.4) is 0 Å². The van der Waals surface area contributed by atoms with Gasteiger partial charge in [-0.2, -0.15) is 0 Å². The molecule has 0 aromatic heterocycles. The average molecular weight is 497 g/mol. The fraction of sp³-hybridized carbons (Fsp3) is 0.760. The van der Waals surface area contributed by atoms with Gasteiger partial charge in [-0.1, -0.05) is 6.92 Å². The second kappa shape index (κ2) is 12.4. The summed E-state index contributed by atoms with van der Waals surface area (Å²) in [7, 11) is 1.37. The first-order valence-corrected chi connectivity index (χ1v) is 11.7. The van der Waals surface area contributed by atoms with Gasteiger partial charge in [0.05, 0.1) is 12.0 Å². The molecule has 0 aromatic carbocycles. The number of nitrogens with one attached hydrogen (secondary N) is 1. The number of methoxy groups -OCH3 is 1. The number of amides is 2. The van der Waals surface area contributed by atoms with Crippen molar-refractivity contribution in [1.29, 1.82) is 0 Å². The molecule has 10 nitrogen and oxygen atoms in total. The zero-order chi connectivity index (χ0) is 27.1. The van der Waals surface area contributed by atoms with Gasteiger partial charge in [-0.25, -0.2) is 9.59 Å². The lowest BCUT2D eigenvalue weighted by Crippen LogP contribution is -2.51. The number of likely N-dealkylation sites (tertiary alicyclic amines) is 1. The molecule has 5 atom stereocenters. The Kier molecular flexibility index (Phi) is 10.7. The minimum atomic E-state index is -1.07. The Morgan fingerprint density at radius 1 is 1.09 bits per heavy atom. The smallest absolute Gasteiger partial charge is 0.411 e. The van der Waals surface area contributed by atoms with E-state index in [-0.39, 0.29) is 18.7 Å². The molecule has 0 spiro atoms. The minimum absolute atomic E-state index is 0.00229. The van der Waals surface area contributed by atoms with Crippen molar-refractivity contribution in [3.63, 3.8) is 0 Å². The summed E-state index contributed by atoms with van der Waals surface area (Å²) >= 11 is 0. The summed E-state index contributed by atoms with van der Waals surface area (Å²) < 4.78 is 22.2. The number of rotatable bonds is 9. The van der Waals surface area contributed by atoms with E-state index in [0.717, 1.165) is 0 Å². The predicted octanol–water partition coefficient (Wildman–Crippen LogP) is 2.78. The van der Waals surface area contributed by atoms with E-state index < -0.39 is 59.6 Å². The zero-order valence-corrected chi connectivity index (χ0v) is 22.3. The van der Waals surface area contributed by atoms with Crippen molar-refractivity contribution in [2.75, 3.05) is 7.11 Å². The fourth-order valence-corrected chi connectivity index (χ4v) is 3.84. The van der Waals surface area contributed by atoms with E-state index in [4.69, 9.17) is 25.4 Å². The Balaban J connectivity index is 3.40. The van der Waals surface area contributed by atoms with E-state index in [1.165, 1.54) is 18.9 Å². The van der Waals surface area contributed by atoms with E-state index >= 15 is 0 Å². The summed E-state index contributed by atoms with van der Waals surface area (Å²) in [6, 6.07) is -1.87. The summed E-state index contributed by atoms with van der Waals surface area (Å²) in [5, 5.41) is 2.52. The number of carbonyl (C=O) groups is 4. The van der Waals surface area contributed by atoms with E-state index in [1.54, 1.807) is 41.5 Å². The highest BCUT2D eigenvalue weighted by atomic mass is 16.7. The van der Waals surface area contributed by atoms with Gasteiger partial charge in [-0.15, -0.1) is 6.42 Å². The highest BCUT2D eigenvalue weighted by molar-refractivity contribution is 5.99. The van der Waals surface area contributed by atoms with Crippen molar-refractivity contribution >= 4 is 23.8 Å². The van der Waals surface area contributed by atoms with Gasteiger partial charge in [-0.3, -0.25) is 14.5 Å². The third-order valence-electron chi connectivity index (χ3n) is 5.21. The van der Waals surface area contributed by atoms with Crippen LogP contribution < -0.4 is 5.32 Å². The molecule has 10 heteroatoms. The van der Waals surface area contributed by atoms with Crippen LogP contribution in [0.25, 0.3) is 0 Å². The lowest BCUT2D eigenvalue weighted by Gasteiger charge is -2.35. The number of Topliss-reactive ketones (excluding diaryl/α,β-unsaturated/α-hetero) is 1. The van der Waals surface area contributed by atoms with Gasteiger partial charge >= 0.3 is 12.1 Å². The Bertz CT molecular complexity index is 821. The van der Waals surface area contributed by atoms with Gasteiger partial charge in [0.25, 0.3) is 0 Å². The predicted molar refractivity (Wildman–Crippen MR) is 128 cm³/mol. The quantitative estimate of drug-likeness (QED) is 0.224. The minimum Gasteiger partial charge on any atom is -0.458 e. The van der Waals surface area contributed by atoms with Crippen LogP contribution in [-0.2, 0) is 33.3 Å². The Morgan fingerprint density at radius 3 is 2.09 bits per heavy atom. The molecule has 0 bridgehead atoms. The Hall–Kier alpha value is -2.64. The highest BCUT2D eigenvalue weighted by Crippen LogP contribution is 2.37. The number of terminal acetylenes is 1. The van der Waals surface area contributed by atoms with Crippen LogP contribution in [0.15, 0.2) is 0 Å². The molecule has 198 valence electrons. The number of nitrogens with zero attached hydrogens (tertiary/aromatic N) is 1. The van der Waals surface area contributed by atoms with Gasteiger partial charge in [0, 0.05) is 20.1 Å². The van der Waals surface area contributed by atoms with Crippen LogP contribution in [0.1, 0.15) is 74.7 Å². The highest BCUT2D eigenvalue weighted by Gasteiger charge is 2.52. The third-order valence-corrected chi connectivity index (χ3v) is 5.21. The molecule has 1 heterocycles. The van der Waals surface area contributed by atoms with E-state index in [0.29, 0.717) is 6.42 Å². The summed E-state index contributed by atoms with van der Waals surface area (Å²) in [6.45, 7) is 13.4. The molecule has 1 N–H and O–H groups in total. The SMILES string of the molecule is C#CC(=O)[C@@H]1CC(C(=O)OC(C)(C)C)N(C(=O)OC(C)(C)C)[C@@H]1C[C@H](CC)OC(NC(C)=O)OC. The first-order chi connectivity index (χ1) is 16.0. The number of ketones is 1. The maximum Gasteiger partial charge on any atom is 0.411 e. The molecule has 1 fully saturated rings. The molecule has 0 saturated carbocycles. The number of esters is 1. The molecule has 1 aliphatic heterocycles. The van der Waals surface area contributed by atoms with Crippen LogP contribution in [0.4, 0.5) is 4.79 Å². The lowest BCUT2D eigenvalue weighted by atomic mass is 9.90. The van der Waals surface area contributed by atoms with E-state index in [1.807, 2.05) is 6.92 Å². The molecule has 1 aliphatic rings. The summed E-state index contributed by atoms with van der Waals surface area (Å²) in [6.07, 6.45) is 3.70. The second-order valence-corrected chi connectivity index (χ2v) is 10.5. The first-order valence-electron chi connectivity index (χ1n) is 11.7. The van der Waals surface area contributed by atoms with Crippen LogP contribution in [0.5, 0.6) is 0 Å². The van der Waals surface area contributed by atoms with Gasteiger partial charge in [0.1, 0.15) is 17.2 Å². The zero-order valence-electron chi connectivity index (χ0n) is 22.3. The molecular formula is C25H40N2O8. The van der Waals surface area contributed by atoms with Crippen molar-refractivity contribution in [3.8, 4) is 12.3 Å². The molecule has 0 aromatic rings. The van der Waals surface area contributed by atoms with Gasteiger partial charge in [-0.05, 0) is 66.7 Å². The molecule has 1 rings (SSSR count). The van der Waals surface area contributed by atoms with E-state index in [9.17, 15) is 19.2 Å². The van der Waals surface area contributed by atoms with Gasteiger partial charge in [0.2, 0.25) is 18.1 Å². The van der Waals surface area contributed by atoms with Crippen LogP contribution in [-0.4, -0.2) is 71.6 Å². The summed E-state index contributed by atoms with van der Waals surface area (Å²) in [5.41, 5.74) is -1.65. The van der Waals surface area contributed by atoms with Crippen LogP contribution in [0.2, 0.25) is 0 Å². The third kappa shape index (κ3) is 9.49. The maximum atomic E-state index is 13.3. The monoisotopic (exact) mass is 496 g/mol. The topological polar surface area (TPSA) is 120 Å². The lowest BCUT2D eigenvalue weighted by molar-refractivity contribution is -0.182. The normalized spacial score (nSPS) is 22.1. The molecule has 2 amide bonds. The van der Waals surface area contributed by atoms with Crippen molar-refractivity contribution in [2.45, 2.75) is 110 Å². The molecule has 35 heavy (non-hydrogen) atoms. The molecule has 0 radical (unpaired) electrons. The second-order valence-electron chi connectivity index (χ2n) is 10.5. The van der Waals surface area contributed by atoms with Gasteiger partial charge in [0.15, 0.2) is 0 Å². The standard InChI is InChI=1S/C25H40N2O8/c1-11-16(33-22(32-10)26-15(3)28)13-18-17(20(29)12-2)14-19(21(30)34-24(4,5)6)27(18)23(31)35-25(7,8)9/h2,16-19,22H,11,13-14H2,1,3-10H3,(H,26,28)/t16-,17+,18+,19?,22?/m0/s1.